The number of halogens is 3. The number of alkyl halides is 1. The summed E-state index contributed by atoms with van der Waals surface area (Å²) in [6.45, 7) is 0.692. The predicted molar refractivity (Wildman–Crippen MR) is 71.8 cm³/mol. The van der Waals surface area contributed by atoms with Crippen molar-refractivity contribution in [2.45, 2.75) is 12.4 Å². The summed E-state index contributed by atoms with van der Waals surface area (Å²) in [4.78, 5) is 14.9. The molecule has 8 heteroatoms. The van der Waals surface area contributed by atoms with Gasteiger partial charge in [-0.25, -0.2) is 14.2 Å². The number of carbonyl (C=O) groups is 1. The van der Waals surface area contributed by atoms with Gasteiger partial charge < -0.3 is 15.6 Å². The number of aromatic nitrogens is 2. The number of nitrogens with one attached hydrogen (secondary N) is 1. The quantitative estimate of drug-likeness (QED) is 0.850. The minimum absolute atomic E-state index is 0.00790. The van der Waals surface area contributed by atoms with E-state index in [2.05, 4.69) is 10.3 Å². The second-order valence-corrected chi connectivity index (χ2v) is 4.53. The summed E-state index contributed by atoms with van der Waals surface area (Å²) >= 11 is 11.5. The zero-order valence-corrected chi connectivity index (χ0v) is 11.3. The van der Waals surface area contributed by atoms with Gasteiger partial charge in [0.1, 0.15) is 11.6 Å². The van der Waals surface area contributed by atoms with Gasteiger partial charge in [0.15, 0.2) is 0 Å². The lowest BCUT2D eigenvalue weighted by Gasteiger charge is -2.08. The SMILES string of the molecule is NC(=O)NCCn1c(CCl)nc2cc(Cl)c(F)cc21. The third-order valence-electron chi connectivity index (χ3n) is 2.62. The zero-order chi connectivity index (χ0) is 14.0. The van der Waals surface area contributed by atoms with Crippen LogP contribution in [0, 0.1) is 5.82 Å². The van der Waals surface area contributed by atoms with E-state index in [1.807, 2.05) is 0 Å². The van der Waals surface area contributed by atoms with Gasteiger partial charge in [-0.05, 0) is 6.07 Å². The molecule has 2 rings (SSSR count). The molecule has 0 aliphatic carbocycles. The molecule has 1 heterocycles. The fourth-order valence-corrected chi connectivity index (χ4v) is 2.17. The Labute approximate surface area is 118 Å². The Morgan fingerprint density at radius 2 is 2.26 bits per heavy atom. The second kappa shape index (κ2) is 5.63. The van der Waals surface area contributed by atoms with Gasteiger partial charge in [0, 0.05) is 19.2 Å². The molecule has 0 aliphatic heterocycles. The number of hydrogen-bond donors (Lipinski definition) is 2. The molecule has 2 aromatic rings. The van der Waals surface area contributed by atoms with Crippen LogP contribution in [0.3, 0.4) is 0 Å². The topological polar surface area (TPSA) is 72.9 Å². The minimum Gasteiger partial charge on any atom is -0.352 e. The van der Waals surface area contributed by atoms with E-state index in [4.69, 9.17) is 28.9 Å². The van der Waals surface area contributed by atoms with Crippen LogP contribution in [0.15, 0.2) is 12.1 Å². The van der Waals surface area contributed by atoms with Crippen molar-refractivity contribution in [2.24, 2.45) is 5.73 Å². The first-order chi connectivity index (χ1) is 9.02. The molecule has 102 valence electrons. The van der Waals surface area contributed by atoms with Crippen LogP contribution < -0.4 is 11.1 Å². The molecular weight excluding hydrogens is 294 g/mol. The molecule has 0 saturated carbocycles. The van der Waals surface area contributed by atoms with E-state index in [9.17, 15) is 9.18 Å². The first kappa shape index (κ1) is 13.9. The van der Waals surface area contributed by atoms with E-state index >= 15 is 0 Å². The lowest BCUT2D eigenvalue weighted by molar-refractivity contribution is 0.248. The van der Waals surface area contributed by atoms with Crippen LogP contribution >= 0.6 is 23.2 Å². The molecule has 2 amide bonds. The number of hydrogen-bond acceptors (Lipinski definition) is 2. The Morgan fingerprint density at radius 3 is 2.89 bits per heavy atom. The van der Waals surface area contributed by atoms with Crippen molar-refractivity contribution in [1.29, 1.82) is 0 Å². The van der Waals surface area contributed by atoms with E-state index in [-0.39, 0.29) is 10.9 Å². The average molecular weight is 305 g/mol. The van der Waals surface area contributed by atoms with Crippen molar-refractivity contribution in [1.82, 2.24) is 14.9 Å². The largest absolute Gasteiger partial charge is 0.352 e. The van der Waals surface area contributed by atoms with Crippen molar-refractivity contribution >= 4 is 40.3 Å². The van der Waals surface area contributed by atoms with Gasteiger partial charge in [-0.15, -0.1) is 11.6 Å². The van der Waals surface area contributed by atoms with E-state index in [0.29, 0.717) is 29.9 Å². The highest BCUT2D eigenvalue weighted by Gasteiger charge is 2.13. The van der Waals surface area contributed by atoms with E-state index < -0.39 is 11.8 Å². The van der Waals surface area contributed by atoms with Crippen molar-refractivity contribution in [3.8, 4) is 0 Å². The summed E-state index contributed by atoms with van der Waals surface area (Å²) < 4.78 is 15.2. The van der Waals surface area contributed by atoms with Crippen molar-refractivity contribution < 1.29 is 9.18 Å². The molecule has 0 fully saturated rings. The van der Waals surface area contributed by atoms with Crippen LogP contribution in [-0.2, 0) is 12.4 Å². The molecule has 0 spiro atoms. The maximum atomic E-state index is 13.5. The molecule has 0 radical (unpaired) electrons. The first-order valence-electron chi connectivity index (χ1n) is 5.46. The fraction of sp³-hybridized carbons (Fsp3) is 0.273. The molecule has 1 aromatic carbocycles. The number of fused-ring (bicyclic) bond motifs is 1. The summed E-state index contributed by atoms with van der Waals surface area (Å²) in [5, 5.41) is 2.46. The fourth-order valence-electron chi connectivity index (χ4n) is 1.81. The lowest BCUT2D eigenvalue weighted by atomic mass is 10.3. The van der Waals surface area contributed by atoms with Crippen LogP contribution in [0.2, 0.25) is 5.02 Å². The third kappa shape index (κ3) is 2.90. The molecule has 1 aromatic heterocycles. The summed E-state index contributed by atoms with van der Waals surface area (Å²) in [5.41, 5.74) is 6.11. The standard InChI is InChI=1S/C11H11Cl2FN4O/c12-5-10-17-8-3-6(13)7(14)4-9(8)18(10)2-1-16-11(15)19/h3-4H,1-2,5H2,(H3,15,16,19). The molecule has 3 N–H and O–H groups in total. The molecule has 0 unspecified atom stereocenters. The average Bonchev–Trinajstić information content (AvgIpc) is 2.67. The first-order valence-corrected chi connectivity index (χ1v) is 6.37. The van der Waals surface area contributed by atoms with Gasteiger partial charge in [0.25, 0.3) is 0 Å². The molecular formula is C11H11Cl2FN4O. The molecule has 0 saturated heterocycles. The van der Waals surface area contributed by atoms with Gasteiger partial charge in [0.2, 0.25) is 0 Å². The maximum absolute atomic E-state index is 13.5. The van der Waals surface area contributed by atoms with Crippen LogP contribution in [0.1, 0.15) is 5.82 Å². The highest BCUT2D eigenvalue weighted by Crippen LogP contribution is 2.24. The summed E-state index contributed by atoms with van der Waals surface area (Å²) in [6.07, 6.45) is 0. The van der Waals surface area contributed by atoms with Crippen molar-refractivity contribution in [2.75, 3.05) is 6.54 Å². The number of primary amides is 1. The second-order valence-electron chi connectivity index (χ2n) is 3.86. The maximum Gasteiger partial charge on any atom is 0.312 e. The number of nitrogens with two attached hydrogens (primary N) is 1. The molecule has 19 heavy (non-hydrogen) atoms. The molecule has 0 atom stereocenters. The summed E-state index contributed by atoms with van der Waals surface area (Å²) in [7, 11) is 0. The third-order valence-corrected chi connectivity index (χ3v) is 3.15. The number of carbonyl (C=O) groups excluding carboxylic acids is 1. The highest BCUT2D eigenvalue weighted by atomic mass is 35.5. The van der Waals surface area contributed by atoms with Crippen molar-refractivity contribution in [3.63, 3.8) is 0 Å². The summed E-state index contributed by atoms with van der Waals surface area (Å²) in [6, 6.07) is 2.12. The molecule has 5 nitrogen and oxygen atoms in total. The number of benzene rings is 1. The van der Waals surface area contributed by atoms with E-state index in [0.717, 1.165) is 0 Å². The highest BCUT2D eigenvalue weighted by molar-refractivity contribution is 6.31. The lowest BCUT2D eigenvalue weighted by Crippen LogP contribution is -2.32. The molecule has 0 aliphatic rings. The number of urea groups is 1. The minimum atomic E-state index is -0.619. The van der Waals surface area contributed by atoms with Crippen LogP contribution in [0.25, 0.3) is 11.0 Å². The van der Waals surface area contributed by atoms with Gasteiger partial charge in [-0.1, -0.05) is 11.6 Å². The van der Waals surface area contributed by atoms with Crippen LogP contribution in [0.4, 0.5) is 9.18 Å². The molecule has 0 bridgehead atoms. The van der Waals surface area contributed by atoms with Gasteiger partial charge in [-0.3, -0.25) is 0 Å². The Bertz CT molecular complexity index is 629. The van der Waals surface area contributed by atoms with Gasteiger partial charge >= 0.3 is 6.03 Å². The number of imidazole rings is 1. The van der Waals surface area contributed by atoms with E-state index in [1.165, 1.54) is 12.1 Å². The van der Waals surface area contributed by atoms with Gasteiger partial charge in [-0.2, -0.15) is 0 Å². The number of nitrogens with zero attached hydrogens (tertiary/aromatic N) is 2. The number of amides is 2. The normalized spacial score (nSPS) is 10.9. The smallest absolute Gasteiger partial charge is 0.312 e. The van der Waals surface area contributed by atoms with Crippen molar-refractivity contribution in [3.05, 3.63) is 28.8 Å². The Balaban J connectivity index is 2.39. The summed E-state index contributed by atoms with van der Waals surface area (Å²) in [5.74, 6) is 0.216. The van der Waals surface area contributed by atoms with E-state index in [1.54, 1.807) is 4.57 Å². The van der Waals surface area contributed by atoms with Crippen LogP contribution in [0.5, 0.6) is 0 Å². The predicted octanol–water partition coefficient (Wildman–Crippen LogP) is 2.24. The van der Waals surface area contributed by atoms with Gasteiger partial charge in [0.05, 0.1) is 21.9 Å². The van der Waals surface area contributed by atoms with Crippen LogP contribution in [-0.4, -0.2) is 22.1 Å². The Kier molecular flexibility index (Phi) is 4.11. The zero-order valence-electron chi connectivity index (χ0n) is 9.79. The Morgan fingerprint density at radius 1 is 1.53 bits per heavy atom. The Hall–Kier alpha value is -1.53. The number of rotatable bonds is 4. The monoisotopic (exact) mass is 304 g/mol.